The predicted octanol–water partition coefficient (Wildman–Crippen LogP) is 15.0. The monoisotopic (exact) mass is 765 g/mol. The van der Waals surface area contributed by atoms with Crippen LogP contribution in [0.4, 0.5) is 0 Å². The van der Waals surface area contributed by atoms with Crippen molar-refractivity contribution in [3.8, 4) is 0 Å². The maximum absolute atomic E-state index is 2.80. The Bertz CT molecular complexity index is 2660. The third-order valence-electron chi connectivity index (χ3n) is 16.0. The number of likely N-dealkylation sites (tertiary alicyclic amines) is 2. The first kappa shape index (κ1) is 38.0. The van der Waals surface area contributed by atoms with Gasteiger partial charge in [-0.15, -0.1) is 0 Å². The molecule has 0 N–H and O–H groups in total. The predicted molar refractivity (Wildman–Crippen MR) is 252 cm³/mol. The summed E-state index contributed by atoms with van der Waals surface area (Å²) in [6.45, 7) is 17.3. The molecule has 2 heterocycles. The smallest absolute Gasteiger partial charge is 0.0240 e. The van der Waals surface area contributed by atoms with Crippen LogP contribution in [0.3, 0.4) is 0 Å². The zero-order valence-electron chi connectivity index (χ0n) is 35.8. The van der Waals surface area contributed by atoms with Gasteiger partial charge in [0.2, 0.25) is 0 Å². The lowest BCUT2D eigenvalue weighted by Crippen LogP contribution is -2.33. The Morgan fingerprint density at radius 3 is 1.29 bits per heavy atom. The average molecular weight is 765 g/mol. The minimum Gasteiger partial charge on any atom is -0.299 e. The Morgan fingerprint density at radius 2 is 0.845 bits per heavy atom. The molecule has 8 aromatic carbocycles. The molecule has 0 spiro atoms. The Hall–Kier alpha value is -4.24. The summed E-state index contributed by atoms with van der Waals surface area (Å²) in [4.78, 5) is 5.60. The second-order valence-electron chi connectivity index (χ2n) is 19.6. The van der Waals surface area contributed by atoms with Crippen molar-refractivity contribution in [2.45, 2.75) is 105 Å². The minimum absolute atomic E-state index is 0.411. The Morgan fingerprint density at radius 1 is 0.448 bits per heavy atom. The lowest BCUT2D eigenvalue weighted by molar-refractivity contribution is 0.110. The van der Waals surface area contributed by atoms with Crippen LogP contribution in [0.15, 0.2) is 109 Å². The van der Waals surface area contributed by atoms with E-state index in [-0.39, 0.29) is 0 Å². The van der Waals surface area contributed by atoms with Crippen molar-refractivity contribution in [3.05, 3.63) is 120 Å². The summed E-state index contributed by atoms with van der Waals surface area (Å²) in [5.74, 6) is 1.56. The van der Waals surface area contributed by atoms with Crippen molar-refractivity contribution >= 4 is 64.6 Å². The molecule has 0 amide bonds. The van der Waals surface area contributed by atoms with Gasteiger partial charge in [0.15, 0.2) is 0 Å². The normalized spacial score (nSPS) is 20.5. The highest BCUT2D eigenvalue weighted by Gasteiger charge is 2.41. The van der Waals surface area contributed by atoms with Gasteiger partial charge in [-0.1, -0.05) is 163 Å². The minimum atomic E-state index is 0.411. The van der Waals surface area contributed by atoms with Gasteiger partial charge in [-0.3, -0.25) is 9.80 Å². The van der Waals surface area contributed by atoms with E-state index < -0.39 is 0 Å². The third-order valence-corrected chi connectivity index (χ3v) is 16.0. The number of unbranched alkanes of at least 4 members (excludes halogenated alkanes) is 1. The zero-order chi connectivity index (χ0) is 39.4. The summed E-state index contributed by atoms with van der Waals surface area (Å²) in [6, 6.07) is 41.9. The Kier molecular flexibility index (Phi) is 10.1. The van der Waals surface area contributed by atoms with Crippen molar-refractivity contribution in [2.75, 3.05) is 26.2 Å². The van der Waals surface area contributed by atoms with Gasteiger partial charge >= 0.3 is 0 Å². The second kappa shape index (κ2) is 15.4. The van der Waals surface area contributed by atoms with E-state index in [2.05, 4.69) is 147 Å². The first-order chi connectivity index (χ1) is 28.3. The van der Waals surface area contributed by atoms with E-state index in [4.69, 9.17) is 0 Å². The first-order valence-electron chi connectivity index (χ1n) is 23.1. The molecule has 0 aliphatic carbocycles. The third kappa shape index (κ3) is 6.73. The van der Waals surface area contributed by atoms with Crippen LogP contribution in [0.5, 0.6) is 0 Å². The molecule has 2 nitrogen and oxygen atoms in total. The fourth-order valence-corrected chi connectivity index (χ4v) is 12.6. The largest absolute Gasteiger partial charge is 0.299 e. The van der Waals surface area contributed by atoms with Crippen LogP contribution in [-0.2, 0) is 13.1 Å². The quantitative estimate of drug-likeness (QED) is 0.0959. The lowest BCUT2D eigenvalue weighted by atomic mass is 9.66. The van der Waals surface area contributed by atoms with E-state index in [1.165, 1.54) is 166 Å². The molecular formula is C56H64N2. The van der Waals surface area contributed by atoms with Gasteiger partial charge in [-0.25, -0.2) is 0 Å². The van der Waals surface area contributed by atoms with Crippen LogP contribution in [0.25, 0.3) is 64.6 Å². The molecule has 0 radical (unpaired) electrons. The van der Waals surface area contributed by atoms with E-state index >= 15 is 0 Å². The fourth-order valence-electron chi connectivity index (χ4n) is 12.6. The summed E-state index contributed by atoms with van der Waals surface area (Å²) in [5, 5.41) is 16.9. The number of benzene rings is 8. The van der Waals surface area contributed by atoms with Gasteiger partial charge in [0, 0.05) is 26.2 Å². The Balaban J connectivity index is 0.810. The highest BCUT2D eigenvalue weighted by molar-refractivity contribution is 6.24. The van der Waals surface area contributed by atoms with Gasteiger partial charge in [0.05, 0.1) is 0 Å². The van der Waals surface area contributed by atoms with Crippen LogP contribution in [0.1, 0.15) is 103 Å². The van der Waals surface area contributed by atoms with Crippen molar-refractivity contribution in [2.24, 2.45) is 22.7 Å². The number of rotatable bonds is 15. The molecule has 0 saturated carbocycles. The molecule has 4 unspecified atom stereocenters. The molecule has 2 aliphatic heterocycles. The number of nitrogens with zero attached hydrogens (tertiary/aromatic N) is 2. The first-order valence-corrected chi connectivity index (χ1v) is 23.1. The standard InChI is InChI=1S/C56H64N2/c1-5-7-30-56(4,48-28-34-58(38-48)36-46-22-20-44-18-16-40-12-9-14-42-24-26-50(46)54(44)52(40)42)32-10-31-55(3,29-6-2)47-27-33-57(37-47)35-45-21-19-43-17-15-39-11-8-13-41-23-25-49(45)53(43)51(39)41/h8-9,11-26,47-48H,5-7,10,27-38H2,1-4H3. The highest BCUT2D eigenvalue weighted by Crippen LogP contribution is 2.48. The molecule has 4 atom stereocenters. The lowest BCUT2D eigenvalue weighted by Gasteiger charge is -2.40. The zero-order valence-corrected chi connectivity index (χ0v) is 35.8. The van der Waals surface area contributed by atoms with Gasteiger partial charge in [-0.05, 0) is 150 Å². The molecule has 10 rings (SSSR count). The van der Waals surface area contributed by atoms with E-state index in [0.29, 0.717) is 10.8 Å². The van der Waals surface area contributed by atoms with Crippen molar-refractivity contribution in [3.63, 3.8) is 0 Å². The van der Waals surface area contributed by atoms with Gasteiger partial charge < -0.3 is 0 Å². The van der Waals surface area contributed by atoms with E-state index in [0.717, 1.165) is 24.9 Å². The highest BCUT2D eigenvalue weighted by atomic mass is 15.2. The molecule has 2 aliphatic rings. The maximum Gasteiger partial charge on any atom is 0.0240 e. The van der Waals surface area contributed by atoms with Gasteiger partial charge in [0.1, 0.15) is 0 Å². The van der Waals surface area contributed by atoms with Crippen molar-refractivity contribution in [1.82, 2.24) is 9.80 Å². The Labute approximate surface area is 347 Å². The van der Waals surface area contributed by atoms with Crippen molar-refractivity contribution < 1.29 is 0 Å². The molecule has 8 aromatic rings. The summed E-state index contributed by atoms with van der Waals surface area (Å²) in [7, 11) is 0. The summed E-state index contributed by atoms with van der Waals surface area (Å²) in [6.07, 6.45) is 13.5. The van der Waals surface area contributed by atoms with Gasteiger partial charge in [-0.2, -0.15) is 0 Å². The topological polar surface area (TPSA) is 6.48 Å². The van der Waals surface area contributed by atoms with Crippen LogP contribution in [0.2, 0.25) is 0 Å². The summed E-state index contributed by atoms with van der Waals surface area (Å²) >= 11 is 0. The molecule has 0 bridgehead atoms. The molecule has 0 aromatic heterocycles. The summed E-state index contributed by atoms with van der Waals surface area (Å²) in [5.41, 5.74) is 3.83. The second-order valence-corrected chi connectivity index (χ2v) is 19.6. The van der Waals surface area contributed by atoms with Crippen LogP contribution < -0.4 is 0 Å². The molecule has 2 fully saturated rings. The van der Waals surface area contributed by atoms with Crippen LogP contribution in [-0.4, -0.2) is 36.0 Å². The molecule has 2 saturated heterocycles. The molecule has 58 heavy (non-hydrogen) atoms. The van der Waals surface area contributed by atoms with Crippen molar-refractivity contribution in [1.29, 1.82) is 0 Å². The van der Waals surface area contributed by atoms with E-state index in [1.807, 2.05) is 0 Å². The van der Waals surface area contributed by atoms with Gasteiger partial charge in [0.25, 0.3) is 0 Å². The molecule has 2 heteroatoms. The fraction of sp³-hybridized carbons (Fsp3) is 0.429. The van der Waals surface area contributed by atoms with E-state index in [9.17, 15) is 0 Å². The number of hydrogen-bond donors (Lipinski definition) is 0. The molecule has 298 valence electrons. The van der Waals surface area contributed by atoms with Crippen LogP contribution >= 0.6 is 0 Å². The molecular weight excluding hydrogens is 701 g/mol. The number of hydrogen-bond acceptors (Lipinski definition) is 2. The summed E-state index contributed by atoms with van der Waals surface area (Å²) < 4.78 is 0. The SMILES string of the molecule is CCCCC(C)(CCCC(C)(CCC)C1CCN(Cc2ccc3ccc4cccc5ccc2c3c45)C1)C1CCN(Cc2ccc3ccc4cccc5ccc2c3c45)C1. The maximum atomic E-state index is 2.80. The average Bonchev–Trinajstić information content (AvgIpc) is 3.93. The van der Waals surface area contributed by atoms with Crippen LogP contribution in [0, 0.1) is 22.7 Å². The van der Waals surface area contributed by atoms with E-state index in [1.54, 1.807) is 0 Å².